The predicted octanol–water partition coefficient (Wildman–Crippen LogP) is 0.501. The average molecular weight is 283 g/mol. The zero-order valence-corrected chi connectivity index (χ0v) is 11.7. The van der Waals surface area contributed by atoms with E-state index in [1.54, 1.807) is 25.5 Å². The Kier molecular flexibility index (Phi) is 3.63. The number of aromatic nitrogens is 3. The first-order valence-electron chi connectivity index (χ1n) is 5.87. The van der Waals surface area contributed by atoms with Crippen LogP contribution in [0.15, 0.2) is 29.6 Å². The van der Waals surface area contributed by atoms with Crippen molar-refractivity contribution in [1.82, 2.24) is 14.3 Å². The quantitative estimate of drug-likeness (QED) is 0.835. The van der Waals surface area contributed by atoms with Crippen molar-refractivity contribution in [3.05, 3.63) is 30.4 Å². The summed E-state index contributed by atoms with van der Waals surface area (Å²) in [5.74, 6) is 0. The highest BCUT2D eigenvalue weighted by Crippen LogP contribution is 2.18. The molecule has 0 aromatic carbocycles. The summed E-state index contributed by atoms with van der Waals surface area (Å²) in [5, 5.41) is 3.91. The summed E-state index contributed by atoms with van der Waals surface area (Å²) in [5.41, 5.74) is 6.81. The van der Waals surface area contributed by atoms with E-state index < -0.39 is 10.0 Å². The number of nitrogens with two attached hydrogens (primary N) is 1. The molecule has 0 atom stereocenters. The fraction of sp³-hybridized carbons (Fsp3) is 0.364. The topological polar surface area (TPSA) is 94.9 Å². The molecule has 0 aliphatic heterocycles. The van der Waals surface area contributed by atoms with Gasteiger partial charge in [-0.2, -0.15) is 5.10 Å². The van der Waals surface area contributed by atoms with Crippen LogP contribution in [-0.4, -0.2) is 22.8 Å². The van der Waals surface area contributed by atoms with E-state index in [1.807, 2.05) is 11.5 Å². The first-order valence-corrected chi connectivity index (χ1v) is 7.35. The number of hydrogen-bond acceptors (Lipinski definition) is 4. The highest BCUT2D eigenvalue weighted by atomic mass is 32.2. The summed E-state index contributed by atoms with van der Waals surface area (Å²) in [6.07, 6.45) is 4.64. The van der Waals surface area contributed by atoms with Crippen LogP contribution >= 0.6 is 0 Å². The van der Waals surface area contributed by atoms with Crippen LogP contribution in [0.25, 0.3) is 0 Å². The number of nitrogens with one attached hydrogen (secondary N) is 1. The van der Waals surface area contributed by atoms with E-state index in [9.17, 15) is 8.42 Å². The van der Waals surface area contributed by atoms with Gasteiger partial charge >= 0.3 is 0 Å². The van der Waals surface area contributed by atoms with Gasteiger partial charge in [0.2, 0.25) is 0 Å². The summed E-state index contributed by atoms with van der Waals surface area (Å²) in [6, 6.07) is 1.59. The van der Waals surface area contributed by atoms with Gasteiger partial charge in [-0.05, 0) is 13.0 Å². The first-order chi connectivity index (χ1) is 8.96. The molecule has 104 valence electrons. The van der Waals surface area contributed by atoms with Crippen LogP contribution < -0.4 is 10.5 Å². The number of anilines is 1. The van der Waals surface area contributed by atoms with Crippen LogP contribution in [0.5, 0.6) is 0 Å². The Balaban J connectivity index is 2.31. The minimum atomic E-state index is -3.60. The fourth-order valence-corrected chi connectivity index (χ4v) is 2.92. The Morgan fingerprint density at radius 1 is 1.42 bits per heavy atom. The smallest absolute Gasteiger partial charge is 0.263 e. The Hall–Kier alpha value is -1.80. The van der Waals surface area contributed by atoms with Gasteiger partial charge in [-0.1, -0.05) is 0 Å². The van der Waals surface area contributed by atoms with Crippen molar-refractivity contribution in [2.45, 2.75) is 24.9 Å². The molecule has 0 amide bonds. The highest BCUT2D eigenvalue weighted by Gasteiger charge is 2.18. The number of rotatable bonds is 5. The zero-order chi connectivity index (χ0) is 14.0. The third kappa shape index (κ3) is 2.79. The van der Waals surface area contributed by atoms with Gasteiger partial charge < -0.3 is 10.3 Å². The second kappa shape index (κ2) is 5.06. The van der Waals surface area contributed by atoms with Crippen LogP contribution in [0.4, 0.5) is 5.69 Å². The Morgan fingerprint density at radius 3 is 2.63 bits per heavy atom. The molecule has 0 aliphatic rings. The van der Waals surface area contributed by atoms with Crippen molar-refractivity contribution in [2.75, 3.05) is 4.72 Å². The van der Waals surface area contributed by atoms with Crippen LogP contribution in [0.2, 0.25) is 0 Å². The lowest BCUT2D eigenvalue weighted by atomic mass is 10.4. The molecule has 8 heteroatoms. The van der Waals surface area contributed by atoms with E-state index in [0.29, 0.717) is 18.8 Å². The molecule has 3 N–H and O–H groups in total. The Bertz CT molecular complexity index is 650. The summed E-state index contributed by atoms with van der Waals surface area (Å²) in [6.45, 7) is 2.91. The van der Waals surface area contributed by atoms with Crippen LogP contribution in [0.3, 0.4) is 0 Å². The van der Waals surface area contributed by atoms with Gasteiger partial charge in [0.1, 0.15) is 4.90 Å². The molecule has 0 saturated heterocycles. The third-order valence-corrected chi connectivity index (χ3v) is 4.13. The molecule has 0 aliphatic carbocycles. The number of sulfonamides is 1. The van der Waals surface area contributed by atoms with E-state index >= 15 is 0 Å². The molecular weight excluding hydrogens is 266 g/mol. The van der Waals surface area contributed by atoms with Gasteiger partial charge in [0.15, 0.2) is 0 Å². The van der Waals surface area contributed by atoms with Gasteiger partial charge in [0.25, 0.3) is 10.0 Å². The van der Waals surface area contributed by atoms with E-state index in [0.717, 1.165) is 5.69 Å². The average Bonchev–Trinajstić information content (AvgIpc) is 2.94. The Morgan fingerprint density at radius 2 is 2.16 bits per heavy atom. The Labute approximate surface area is 112 Å². The summed E-state index contributed by atoms with van der Waals surface area (Å²) in [4.78, 5) is 0.207. The van der Waals surface area contributed by atoms with E-state index in [-0.39, 0.29) is 4.90 Å². The molecule has 19 heavy (non-hydrogen) atoms. The van der Waals surface area contributed by atoms with Crippen LogP contribution in [-0.2, 0) is 30.2 Å². The van der Waals surface area contributed by atoms with Crippen LogP contribution in [0, 0.1) is 0 Å². The van der Waals surface area contributed by atoms with Crippen molar-refractivity contribution in [3.63, 3.8) is 0 Å². The first kappa shape index (κ1) is 13.6. The molecule has 7 nitrogen and oxygen atoms in total. The van der Waals surface area contributed by atoms with Crippen molar-refractivity contribution >= 4 is 15.7 Å². The van der Waals surface area contributed by atoms with Crippen molar-refractivity contribution in [3.8, 4) is 0 Å². The SMILES string of the molecule is CCn1cc(S(=O)(=O)Nc2cnn(C)c2)cc1CN. The lowest BCUT2D eigenvalue weighted by molar-refractivity contribution is 0.600. The maximum atomic E-state index is 12.2. The van der Waals surface area contributed by atoms with Gasteiger partial charge in [-0.25, -0.2) is 8.42 Å². The predicted molar refractivity (Wildman–Crippen MR) is 72.0 cm³/mol. The summed E-state index contributed by atoms with van der Waals surface area (Å²) < 4.78 is 30.2. The van der Waals surface area contributed by atoms with Gasteiger partial charge in [0, 0.05) is 38.2 Å². The van der Waals surface area contributed by atoms with Crippen molar-refractivity contribution < 1.29 is 8.42 Å². The maximum absolute atomic E-state index is 12.2. The highest BCUT2D eigenvalue weighted by molar-refractivity contribution is 7.92. The normalized spacial score (nSPS) is 11.7. The van der Waals surface area contributed by atoms with E-state index in [4.69, 9.17) is 5.73 Å². The molecule has 0 spiro atoms. The van der Waals surface area contributed by atoms with Gasteiger partial charge in [-0.15, -0.1) is 0 Å². The minimum Gasteiger partial charge on any atom is -0.349 e. The lowest BCUT2D eigenvalue weighted by Crippen LogP contribution is -2.11. The number of hydrogen-bond donors (Lipinski definition) is 2. The molecule has 2 aromatic rings. The number of nitrogens with zero attached hydrogens (tertiary/aromatic N) is 3. The molecule has 2 heterocycles. The second-order valence-corrected chi connectivity index (χ2v) is 5.85. The maximum Gasteiger partial charge on any atom is 0.263 e. The van der Waals surface area contributed by atoms with Crippen LogP contribution in [0.1, 0.15) is 12.6 Å². The summed E-state index contributed by atoms with van der Waals surface area (Å²) in [7, 11) is -1.88. The zero-order valence-electron chi connectivity index (χ0n) is 10.9. The van der Waals surface area contributed by atoms with E-state index in [1.165, 1.54) is 10.9 Å². The molecule has 2 aromatic heterocycles. The van der Waals surface area contributed by atoms with Crippen molar-refractivity contribution in [1.29, 1.82) is 0 Å². The standard InChI is InChI=1S/C11H17N5O2S/c1-3-16-8-11(4-10(16)5-12)19(17,18)14-9-6-13-15(2)7-9/h4,6-8,14H,3,5,12H2,1-2H3. The summed E-state index contributed by atoms with van der Waals surface area (Å²) >= 11 is 0. The molecule has 2 rings (SSSR count). The molecule has 0 unspecified atom stereocenters. The largest absolute Gasteiger partial charge is 0.349 e. The molecule has 0 bridgehead atoms. The fourth-order valence-electron chi connectivity index (χ4n) is 1.83. The monoisotopic (exact) mass is 283 g/mol. The second-order valence-electron chi connectivity index (χ2n) is 4.17. The van der Waals surface area contributed by atoms with Gasteiger partial charge in [-0.3, -0.25) is 9.40 Å². The number of aryl methyl sites for hydroxylation is 2. The van der Waals surface area contributed by atoms with E-state index in [2.05, 4.69) is 9.82 Å². The third-order valence-electron chi connectivity index (χ3n) is 2.78. The molecule has 0 saturated carbocycles. The molecule has 0 fully saturated rings. The lowest BCUT2D eigenvalue weighted by Gasteiger charge is -2.03. The molecular formula is C11H17N5O2S. The van der Waals surface area contributed by atoms with Gasteiger partial charge in [0.05, 0.1) is 11.9 Å². The van der Waals surface area contributed by atoms with Crippen molar-refractivity contribution in [2.24, 2.45) is 12.8 Å². The molecule has 0 radical (unpaired) electrons. The minimum absolute atomic E-state index is 0.207.